The number of benzene rings is 3. The van der Waals surface area contributed by atoms with Gasteiger partial charge >= 0.3 is 0 Å². The number of primary amides is 1. The molecular weight excluding hydrogens is 346 g/mol. The summed E-state index contributed by atoms with van der Waals surface area (Å²) in [5.41, 5.74) is 12.5. The van der Waals surface area contributed by atoms with E-state index >= 15 is 0 Å². The number of imidazole rings is 1. The number of fused-ring (bicyclic) bond motifs is 1. The maximum Gasteiger partial charge on any atom is 0.249 e. The third kappa shape index (κ3) is 2.87. The molecule has 1 saturated carbocycles. The zero-order chi connectivity index (χ0) is 19.3. The van der Waals surface area contributed by atoms with Crippen LogP contribution in [0.4, 0.5) is 0 Å². The first kappa shape index (κ1) is 16.8. The van der Waals surface area contributed by atoms with Crippen molar-refractivity contribution in [3.63, 3.8) is 0 Å². The predicted octanol–water partition coefficient (Wildman–Crippen LogP) is 4.91. The first-order chi connectivity index (χ1) is 13.6. The van der Waals surface area contributed by atoms with Crippen LogP contribution in [0.3, 0.4) is 0 Å². The first-order valence-corrected chi connectivity index (χ1v) is 9.55. The van der Waals surface area contributed by atoms with E-state index in [-0.39, 0.29) is 0 Å². The van der Waals surface area contributed by atoms with Gasteiger partial charge in [0, 0.05) is 11.5 Å². The molecule has 2 unspecified atom stereocenters. The highest BCUT2D eigenvalue weighted by molar-refractivity contribution is 6.00. The Morgan fingerprint density at radius 3 is 2.61 bits per heavy atom. The van der Waals surface area contributed by atoms with Crippen molar-refractivity contribution < 1.29 is 4.79 Å². The Kier molecular flexibility index (Phi) is 3.79. The molecule has 3 aromatic carbocycles. The third-order valence-electron chi connectivity index (χ3n) is 5.65. The van der Waals surface area contributed by atoms with E-state index in [0.29, 0.717) is 17.4 Å². The van der Waals surface area contributed by atoms with Gasteiger partial charge in [-0.1, -0.05) is 54.1 Å². The fourth-order valence-corrected chi connectivity index (χ4v) is 4.00. The van der Waals surface area contributed by atoms with Gasteiger partial charge in [0.1, 0.15) is 5.82 Å². The average Bonchev–Trinajstić information content (AvgIpc) is 3.39. The number of amides is 1. The molecule has 3 N–H and O–H groups in total. The number of nitrogens with one attached hydrogen (secondary N) is 1. The van der Waals surface area contributed by atoms with Crippen molar-refractivity contribution in [2.75, 3.05) is 0 Å². The molecule has 1 aliphatic rings. The summed E-state index contributed by atoms with van der Waals surface area (Å²) in [7, 11) is 0. The summed E-state index contributed by atoms with van der Waals surface area (Å²) in [6.45, 7) is 2.11. The molecule has 0 radical (unpaired) electrons. The second-order valence-corrected chi connectivity index (χ2v) is 7.62. The quantitative estimate of drug-likeness (QED) is 0.538. The molecule has 0 bridgehead atoms. The van der Waals surface area contributed by atoms with Gasteiger partial charge in [0.2, 0.25) is 5.91 Å². The van der Waals surface area contributed by atoms with Crippen molar-refractivity contribution >= 4 is 16.9 Å². The molecule has 1 aromatic heterocycles. The Morgan fingerprint density at radius 2 is 1.82 bits per heavy atom. The van der Waals surface area contributed by atoms with Crippen LogP contribution in [0.2, 0.25) is 0 Å². The molecule has 1 amide bonds. The highest BCUT2D eigenvalue weighted by atomic mass is 16.1. The molecule has 0 saturated heterocycles. The summed E-state index contributed by atoms with van der Waals surface area (Å²) in [6.07, 6.45) is 1.13. The molecular formula is C24H21N3O. The van der Waals surface area contributed by atoms with Gasteiger partial charge in [-0.25, -0.2) is 4.98 Å². The van der Waals surface area contributed by atoms with E-state index in [1.54, 1.807) is 6.07 Å². The second-order valence-electron chi connectivity index (χ2n) is 7.62. The molecule has 1 aliphatic carbocycles. The minimum atomic E-state index is -0.419. The summed E-state index contributed by atoms with van der Waals surface area (Å²) in [5.74, 6) is 1.60. The van der Waals surface area contributed by atoms with Crippen LogP contribution < -0.4 is 5.73 Å². The van der Waals surface area contributed by atoms with Crippen LogP contribution in [0.15, 0.2) is 66.7 Å². The molecule has 4 heteroatoms. The van der Waals surface area contributed by atoms with Gasteiger partial charge in [0.05, 0.1) is 11.0 Å². The van der Waals surface area contributed by atoms with Crippen LogP contribution in [-0.4, -0.2) is 15.9 Å². The fourth-order valence-electron chi connectivity index (χ4n) is 4.00. The Bertz CT molecular complexity index is 1190. The molecule has 1 fully saturated rings. The van der Waals surface area contributed by atoms with Crippen molar-refractivity contribution in [3.05, 3.63) is 89.2 Å². The maximum atomic E-state index is 11.8. The summed E-state index contributed by atoms with van der Waals surface area (Å²) in [6, 6.07) is 22.3. The first-order valence-electron chi connectivity index (χ1n) is 9.55. The van der Waals surface area contributed by atoms with Gasteiger partial charge in [-0.2, -0.15) is 0 Å². The molecule has 4 nitrogen and oxygen atoms in total. The summed E-state index contributed by atoms with van der Waals surface area (Å²) >= 11 is 0. The number of carbonyl (C=O) groups is 1. The second kappa shape index (κ2) is 6.34. The Labute approximate surface area is 163 Å². The van der Waals surface area contributed by atoms with Crippen LogP contribution in [0.5, 0.6) is 0 Å². The molecule has 1 heterocycles. The number of hydrogen-bond acceptors (Lipinski definition) is 2. The fraction of sp³-hybridized carbons (Fsp3) is 0.167. The highest BCUT2D eigenvalue weighted by Gasteiger charge is 2.41. The normalized spacial score (nSPS) is 18.3. The maximum absolute atomic E-state index is 11.8. The Morgan fingerprint density at radius 1 is 1.04 bits per heavy atom. The molecule has 0 spiro atoms. The standard InChI is InChI=1S/C24H21N3O/c1-14-6-8-15(9-7-14)19-13-20(19)24-26-21-11-10-16(12-22(21)27-24)17-4-2-3-5-18(17)23(25)28/h2-12,19-20H,13H2,1H3,(H2,25,28)(H,26,27). The topological polar surface area (TPSA) is 71.8 Å². The summed E-state index contributed by atoms with van der Waals surface area (Å²) < 4.78 is 0. The van der Waals surface area contributed by atoms with E-state index in [2.05, 4.69) is 36.2 Å². The Hall–Kier alpha value is -3.40. The van der Waals surface area contributed by atoms with E-state index in [9.17, 15) is 4.79 Å². The van der Waals surface area contributed by atoms with Crippen molar-refractivity contribution in [1.29, 1.82) is 0 Å². The van der Waals surface area contributed by atoms with E-state index in [1.807, 2.05) is 36.4 Å². The van der Waals surface area contributed by atoms with Crippen molar-refractivity contribution in [1.82, 2.24) is 9.97 Å². The van der Waals surface area contributed by atoms with E-state index in [0.717, 1.165) is 34.4 Å². The predicted molar refractivity (Wildman–Crippen MR) is 111 cm³/mol. The van der Waals surface area contributed by atoms with Crippen LogP contribution in [-0.2, 0) is 0 Å². The zero-order valence-corrected chi connectivity index (χ0v) is 15.6. The molecule has 2 atom stereocenters. The highest BCUT2D eigenvalue weighted by Crippen LogP contribution is 2.54. The molecule has 28 heavy (non-hydrogen) atoms. The summed E-state index contributed by atoms with van der Waals surface area (Å²) in [5, 5.41) is 0. The van der Waals surface area contributed by atoms with Crippen molar-refractivity contribution in [2.45, 2.75) is 25.2 Å². The van der Waals surface area contributed by atoms with E-state index in [1.165, 1.54) is 11.1 Å². The minimum Gasteiger partial charge on any atom is -0.366 e. The Balaban J connectivity index is 1.47. The van der Waals surface area contributed by atoms with Crippen molar-refractivity contribution in [3.8, 4) is 11.1 Å². The SMILES string of the molecule is Cc1ccc(C2CC2c2nc3cc(-c4ccccc4C(N)=O)ccc3[nH]2)cc1. The van der Waals surface area contributed by atoms with Gasteiger partial charge in [-0.05, 0) is 54.2 Å². The van der Waals surface area contributed by atoms with Crippen molar-refractivity contribution in [2.24, 2.45) is 5.73 Å². The monoisotopic (exact) mass is 367 g/mol. The lowest BCUT2D eigenvalue weighted by Gasteiger charge is -2.06. The summed E-state index contributed by atoms with van der Waals surface area (Å²) in [4.78, 5) is 20.1. The van der Waals surface area contributed by atoms with E-state index in [4.69, 9.17) is 10.7 Å². The molecule has 5 rings (SSSR count). The van der Waals surface area contributed by atoms with Gasteiger partial charge in [0.25, 0.3) is 0 Å². The number of nitrogens with zero attached hydrogens (tertiary/aromatic N) is 1. The van der Waals surface area contributed by atoms with Gasteiger partial charge in [-0.15, -0.1) is 0 Å². The lowest BCUT2D eigenvalue weighted by molar-refractivity contribution is 0.100. The lowest BCUT2D eigenvalue weighted by Crippen LogP contribution is -2.12. The van der Waals surface area contributed by atoms with Crippen LogP contribution in [0.25, 0.3) is 22.2 Å². The number of aromatic amines is 1. The number of nitrogens with two attached hydrogens (primary N) is 1. The minimum absolute atomic E-state index is 0.419. The largest absolute Gasteiger partial charge is 0.366 e. The molecule has 4 aromatic rings. The molecule has 138 valence electrons. The smallest absolute Gasteiger partial charge is 0.249 e. The average molecular weight is 367 g/mol. The van der Waals surface area contributed by atoms with E-state index < -0.39 is 5.91 Å². The van der Waals surface area contributed by atoms with Gasteiger partial charge in [-0.3, -0.25) is 4.79 Å². The van der Waals surface area contributed by atoms with Gasteiger partial charge < -0.3 is 10.7 Å². The number of carbonyl (C=O) groups excluding carboxylic acids is 1. The lowest BCUT2D eigenvalue weighted by atomic mass is 9.99. The van der Waals surface area contributed by atoms with Gasteiger partial charge in [0.15, 0.2) is 0 Å². The van der Waals surface area contributed by atoms with Crippen LogP contribution in [0.1, 0.15) is 45.6 Å². The number of H-pyrrole nitrogens is 1. The third-order valence-corrected chi connectivity index (χ3v) is 5.65. The number of hydrogen-bond donors (Lipinski definition) is 2. The van der Waals surface area contributed by atoms with Crippen LogP contribution >= 0.6 is 0 Å². The molecule has 0 aliphatic heterocycles. The van der Waals surface area contributed by atoms with Crippen LogP contribution in [0, 0.1) is 6.92 Å². The zero-order valence-electron chi connectivity index (χ0n) is 15.6. The number of aromatic nitrogens is 2. The number of rotatable bonds is 4. The number of aryl methyl sites for hydroxylation is 1.